The summed E-state index contributed by atoms with van der Waals surface area (Å²) in [6.07, 6.45) is 3.24. The van der Waals surface area contributed by atoms with Crippen LogP contribution in [0.5, 0.6) is 0 Å². The molecule has 1 heterocycles. The van der Waals surface area contributed by atoms with Crippen LogP contribution >= 0.6 is 0 Å². The second-order valence-electron chi connectivity index (χ2n) is 1.06. The van der Waals surface area contributed by atoms with E-state index in [1.807, 2.05) is 0 Å². The molecule has 34 valence electrons. The Labute approximate surface area is 41.6 Å². The molecule has 0 saturated carbocycles. The highest BCUT2D eigenvalue weighted by atomic mass is 14.7. The van der Waals surface area contributed by atoms with Gasteiger partial charge >= 0.3 is 0 Å². The highest BCUT2D eigenvalue weighted by Crippen LogP contribution is 1.70. The van der Waals surface area contributed by atoms with Gasteiger partial charge in [0, 0.05) is 5.87 Å². The minimum Gasteiger partial charge on any atom is -0.237 e. The molecule has 0 N–H and O–H groups in total. The Morgan fingerprint density at radius 3 is 3.43 bits per heavy atom. The predicted molar refractivity (Wildman–Crippen MR) is 28.9 cm³/mol. The molecule has 7 heavy (non-hydrogen) atoms. The van der Waals surface area contributed by atoms with Crippen molar-refractivity contribution in [3.63, 3.8) is 0 Å². The van der Waals surface area contributed by atoms with Crippen LogP contribution in [-0.2, 0) is 0 Å². The van der Waals surface area contributed by atoms with Crippen molar-refractivity contribution >= 4 is 11.7 Å². The van der Waals surface area contributed by atoms with Crippen molar-refractivity contribution < 1.29 is 0 Å². The molecule has 0 radical (unpaired) electrons. The minimum absolute atomic E-state index is 0.653. The number of hydrogen-bond acceptors (Lipinski definition) is 2. The molecule has 0 saturated heterocycles. The van der Waals surface area contributed by atoms with E-state index < -0.39 is 0 Å². The van der Waals surface area contributed by atoms with Crippen molar-refractivity contribution in [3.05, 3.63) is 12.3 Å². The largest absolute Gasteiger partial charge is 0.237 e. The molecular weight excluding hydrogens is 88.1 g/mol. The van der Waals surface area contributed by atoms with Crippen LogP contribution < -0.4 is 0 Å². The van der Waals surface area contributed by atoms with Crippen LogP contribution in [0, 0.1) is 0 Å². The Bertz CT molecular complexity index is 147. The van der Waals surface area contributed by atoms with Gasteiger partial charge in [0.2, 0.25) is 0 Å². The lowest BCUT2D eigenvalue weighted by atomic mass is 10.6. The second kappa shape index (κ2) is 2.14. The first-order chi connectivity index (χ1) is 3.50. The van der Waals surface area contributed by atoms with Crippen LogP contribution in [0.3, 0.4) is 0 Å². The predicted octanol–water partition coefficient (Wildman–Crippen LogP) is 0.409. The van der Waals surface area contributed by atoms with Crippen LogP contribution in [0.25, 0.3) is 0 Å². The van der Waals surface area contributed by atoms with Crippen molar-refractivity contribution in [1.29, 1.82) is 0 Å². The van der Waals surface area contributed by atoms with Crippen molar-refractivity contribution in [3.8, 4) is 0 Å². The summed E-state index contributed by atoms with van der Waals surface area (Å²) in [5.74, 6) is 5.22. The Balaban J connectivity index is 2.86. The SMILES string of the molecule is C1=CCN=C=CN=1. The quantitative estimate of drug-likeness (QED) is 0.413. The first kappa shape index (κ1) is 4.07. The molecule has 1 rings (SSSR count). The number of rotatable bonds is 0. The fraction of sp³-hybridized carbons (Fsp3) is 0.200. The van der Waals surface area contributed by atoms with E-state index in [9.17, 15) is 0 Å². The number of nitrogens with zero attached hydrogens (tertiary/aromatic N) is 2. The molecule has 0 spiro atoms. The Hall–Kier alpha value is -1.10. The van der Waals surface area contributed by atoms with E-state index in [0.717, 1.165) is 0 Å². The van der Waals surface area contributed by atoms with Crippen LogP contribution in [0.15, 0.2) is 22.3 Å². The molecule has 0 bridgehead atoms. The molecule has 0 aromatic heterocycles. The van der Waals surface area contributed by atoms with Gasteiger partial charge in [-0.15, -0.1) is 0 Å². The summed E-state index contributed by atoms with van der Waals surface area (Å²) in [5.41, 5.74) is 0. The monoisotopic (exact) mass is 92.0 g/mol. The van der Waals surface area contributed by atoms with Gasteiger partial charge in [0.25, 0.3) is 0 Å². The van der Waals surface area contributed by atoms with E-state index in [-0.39, 0.29) is 0 Å². The number of hydrogen-bond donors (Lipinski definition) is 0. The lowest BCUT2D eigenvalue weighted by Crippen LogP contribution is -1.64. The fourth-order valence-electron chi connectivity index (χ4n) is 0.299. The smallest absolute Gasteiger partial charge is 0.0977 e. The Kier molecular flexibility index (Phi) is 1.24. The van der Waals surface area contributed by atoms with Crippen LogP contribution in [0.2, 0.25) is 0 Å². The zero-order valence-corrected chi connectivity index (χ0v) is 3.76. The fourth-order valence-corrected chi connectivity index (χ4v) is 0.299. The summed E-state index contributed by atoms with van der Waals surface area (Å²) in [7, 11) is 0. The van der Waals surface area contributed by atoms with Crippen LogP contribution in [-0.4, -0.2) is 18.3 Å². The molecular formula is C5H4N2. The molecule has 2 heteroatoms. The average Bonchev–Trinajstić information content (AvgIpc) is 1.90. The van der Waals surface area contributed by atoms with E-state index in [1.165, 1.54) is 6.20 Å². The van der Waals surface area contributed by atoms with Gasteiger partial charge in [-0.1, -0.05) is 0 Å². The maximum absolute atomic E-state index is 3.75. The molecule has 0 aromatic carbocycles. The normalized spacial score (nSPS) is 14.9. The van der Waals surface area contributed by atoms with Gasteiger partial charge in [-0.25, -0.2) is 9.98 Å². The summed E-state index contributed by atoms with van der Waals surface area (Å²) in [6, 6.07) is 0. The molecule has 0 amide bonds. The maximum atomic E-state index is 3.75. The van der Waals surface area contributed by atoms with Crippen molar-refractivity contribution in [2.45, 2.75) is 0 Å². The Morgan fingerprint density at radius 2 is 2.43 bits per heavy atom. The van der Waals surface area contributed by atoms with E-state index >= 15 is 0 Å². The van der Waals surface area contributed by atoms with E-state index in [0.29, 0.717) is 6.54 Å². The van der Waals surface area contributed by atoms with E-state index in [2.05, 4.69) is 21.7 Å². The first-order valence-corrected chi connectivity index (χ1v) is 2.01. The van der Waals surface area contributed by atoms with Crippen LogP contribution in [0.1, 0.15) is 0 Å². The maximum Gasteiger partial charge on any atom is 0.0977 e. The summed E-state index contributed by atoms with van der Waals surface area (Å²) in [6.45, 7) is 0.653. The topological polar surface area (TPSA) is 24.7 Å². The standard InChI is InChI=1S/C5H4N2/c1-2-6-4-5-7-3-1/h1,5H,2H2. The lowest BCUT2D eigenvalue weighted by Gasteiger charge is -1.64. The summed E-state index contributed by atoms with van der Waals surface area (Å²) < 4.78 is 0. The molecule has 0 aliphatic carbocycles. The van der Waals surface area contributed by atoms with Gasteiger partial charge in [0.1, 0.15) is 0 Å². The van der Waals surface area contributed by atoms with Gasteiger partial charge in [-0.05, 0) is 11.9 Å². The number of aliphatic imine (C=N–C) groups is 2. The average molecular weight is 92.1 g/mol. The summed E-state index contributed by atoms with van der Waals surface area (Å²) in [4.78, 5) is 7.39. The van der Waals surface area contributed by atoms with Crippen LogP contribution in [0.4, 0.5) is 0 Å². The molecule has 0 fully saturated rings. The van der Waals surface area contributed by atoms with Gasteiger partial charge in [0.15, 0.2) is 0 Å². The molecule has 0 aromatic rings. The molecule has 1 aliphatic rings. The molecule has 0 atom stereocenters. The third kappa shape index (κ3) is 1.18. The van der Waals surface area contributed by atoms with Gasteiger partial charge < -0.3 is 0 Å². The minimum atomic E-state index is 0.653. The Morgan fingerprint density at radius 1 is 1.43 bits per heavy atom. The van der Waals surface area contributed by atoms with E-state index in [4.69, 9.17) is 0 Å². The van der Waals surface area contributed by atoms with Gasteiger partial charge in [0.05, 0.1) is 12.7 Å². The third-order valence-electron chi connectivity index (χ3n) is 0.562. The van der Waals surface area contributed by atoms with Crippen molar-refractivity contribution in [2.75, 3.05) is 6.54 Å². The highest BCUT2D eigenvalue weighted by molar-refractivity contribution is 5.61. The zero-order valence-electron chi connectivity index (χ0n) is 3.76. The molecule has 1 aliphatic heterocycles. The third-order valence-corrected chi connectivity index (χ3v) is 0.562. The van der Waals surface area contributed by atoms with Gasteiger partial charge in [-0.3, -0.25) is 0 Å². The van der Waals surface area contributed by atoms with Crippen molar-refractivity contribution in [1.82, 2.24) is 0 Å². The highest BCUT2D eigenvalue weighted by Gasteiger charge is 1.67. The summed E-state index contributed by atoms with van der Waals surface area (Å²) in [5, 5.41) is 0. The van der Waals surface area contributed by atoms with E-state index in [1.54, 1.807) is 6.08 Å². The zero-order chi connectivity index (χ0) is 4.95. The lowest BCUT2D eigenvalue weighted by molar-refractivity contribution is 1.28. The second-order valence-corrected chi connectivity index (χ2v) is 1.06. The molecule has 2 nitrogen and oxygen atoms in total. The first-order valence-electron chi connectivity index (χ1n) is 2.01. The van der Waals surface area contributed by atoms with Gasteiger partial charge in [-0.2, -0.15) is 0 Å². The van der Waals surface area contributed by atoms with Crippen molar-refractivity contribution in [2.24, 2.45) is 9.98 Å². The summed E-state index contributed by atoms with van der Waals surface area (Å²) >= 11 is 0. The molecule has 0 unspecified atom stereocenters.